The number of aliphatic hydroxyl groups is 1. The van der Waals surface area contributed by atoms with Gasteiger partial charge in [0.05, 0.1) is 36.0 Å². The maximum atomic E-state index is 13.1. The first kappa shape index (κ1) is 19.2. The van der Waals surface area contributed by atoms with Gasteiger partial charge in [-0.25, -0.2) is 4.52 Å². The van der Waals surface area contributed by atoms with Crippen molar-refractivity contribution in [2.75, 3.05) is 18.5 Å². The van der Waals surface area contributed by atoms with Gasteiger partial charge in [-0.15, -0.1) is 0 Å². The zero-order valence-corrected chi connectivity index (χ0v) is 17.0. The Hall–Kier alpha value is -3.74. The van der Waals surface area contributed by atoms with Crippen LogP contribution in [-0.2, 0) is 10.3 Å². The molecule has 2 N–H and O–H groups in total. The van der Waals surface area contributed by atoms with Crippen molar-refractivity contribution in [3.63, 3.8) is 0 Å². The fourth-order valence-corrected chi connectivity index (χ4v) is 3.71. The van der Waals surface area contributed by atoms with Gasteiger partial charge in [-0.1, -0.05) is 0 Å². The highest BCUT2D eigenvalue weighted by molar-refractivity contribution is 6.05. The quantitative estimate of drug-likeness (QED) is 0.528. The summed E-state index contributed by atoms with van der Waals surface area (Å²) in [6, 6.07) is 10.9. The molecule has 0 spiro atoms. The maximum Gasteiger partial charge on any atom is 0.274 e. The van der Waals surface area contributed by atoms with E-state index in [0.717, 1.165) is 10.9 Å². The summed E-state index contributed by atoms with van der Waals surface area (Å²) >= 11 is 0. The Morgan fingerprint density at radius 1 is 1.32 bits per heavy atom. The number of nitrogens with one attached hydrogen (secondary N) is 1. The Labute approximate surface area is 177 Å². The number of fused-ring (bicyclic) bond motifs is 2. The summed E-state index contributed by atoms with van der Waals surface area (Å²) < 4.78 is 8.56. The number of nitrogens with zero attached hydrogens (tertiary/aromatic N) is 5. The molecule has 9 heteroatoms. The molecular weight excluding hydrogens is 396 g/mol. The third-order valence-electron chi connectivity index (χ3n) is 5.48. The Morgan fingerprint density at radius 3 is 2.81 bits per heavy atom. The molecule has 0 atom stereocenters. The molecule has 0 aliphatic carbocycles. The van der Waals surface area contributed by atoms with Crippen molar-refractivity contribution >= 4 is 28.0 Å². The lowest BCUT2D eigenvalue weighted by Gasteiger charge is -2.37. The Morgan fingerprint density at radius 2 is 2.13 bits per heavy atom. The van der Waals surface area contributed by atoms with Gasteiger partial charge in [0.25, 0.3) is 5.91 Å². The largest absolute Gasteiger partial charge is 0.380 e. The number of carbonyl (C=O) groups is 1. The van der Waals surface area contributed by atoms with Crippen LogP contribution in [0.25, 0.3) is 16.4 Å². The number of rotatable bonds is 4. The minimum Gasteiger partial charge on any atom is -0.380 e. The van der Waals surface area contributed by atoms with E-state index in [2.05, 4.69) is 15.5 Å². The molecule has 156 valence electrons. The number of ether oxygens (including phenoxy) is 1. The molecule has 0 unspecified atom stereocenters. The molecule has 1 fully saturated rings. The minimum atomic E-state index is -1.18. The fraction of sp³-hybridized carbons (Fsp3) is 0.273. The van der Waals surface area contributed by atoms with Gasteiger partial charge in [0.2, 0.25) is 0 Å². The smallest absolute Gasteiger partial charge is 0.274 e. The highest BCUT2D eigenvalue weighted by atomic mass is 16.5. The molecule has 1 amide bonds. The van der Waals surface area contributed by atoms with Gasteiger partial charge in [0.15, 0.2) is 0 Å². The number of nitriles is 1. The van der Waals surface area contributed by atoms with Crippen LogP contribution < -0.4 is 5.32 Å². The number of hydrogen-bond acceptors (Lipinski definition) is 6. The molecular formula is C22H20N6O3. The first-order valence-corrected chi connectivity index (χ1v) is 9.91. The summed E-state index contributed by atoms with van der Waals surface area (Å²) in [5.74, 6) is -0.377. The van der Waals surface area contributed by atoms with Gasteiger partial charge < -0.3 is 15.2 Å². The van der Waals surface area contributed by atoms with E-state index in [1.54, 1.807) is 24.3 Å². The monoisotopic (exact) mass is 416 g/mol. The normalized spacial score (nSPS) is 15.2. The predicted molar refractivity (Wildman–Crippen MR) is 113 cm³/mol. The summed E-state index contributed by atoms with van der Waals surface area (Å²) in [4.78, 5) is 13.1. The summed E-state index contributed by atoms with van der Waals surface area (Å²) in [6.07, 6.45) is 3.33. The molecule has 9 nitrogen and oxygen atoms in total. The molecule has 4 aromatic rings. The van der Waals surface area contributed by atoms with Crippen molar-refractivity contribution in [1.82, 2.24) is 19.4 Å². The van der Waals surface area contributed by atoms with Crippen LogP contribution >= 0.6 is 0 Å². The number of benzene rings is 1. The van der Waals surface area contributed by atoms with Crippen LogP contribution in [0.15, 0.2) is 42.7 Å². The van der Waals surface area contributed by atoms with Crippen molar-refractivity contribution in [2.24, 2.45) is 0 Å². The van der Waals surface area contributed by atoms with Crippen molar-refractivity contribution in [3.05, 3.63) is 59.5 Å². The number of amides is 1. The molecule has 5 rings (SSSR count). The number of carbonyl (C=O) groups excluding carboxylic acids is 1. The number of anilines is 1. The molecule has 1 aromatic carbocycles. The second-order valence-electron chi connectivity index (χ2n) is 8.05. The van der Waals surface area contributed by atoms with Gasteiger partial charge >= 0.3 is 0 Å². The highest BCUT2D eigenvalue weighted by Crippen LogP contribution is 2.37. The van der Waals surface area contributed by atoms with E-state index in [1.807, 2.05) is 36.9 Å². The van der Waals surface area contributed by atoms with E-state index in [-0.39, 0.29) is 25.2 Å². The van der Waals surface area contributed by atoms with Gasteiger partial charge in [-0.2, -0.15) is 15.5 Å². The van der Waals surface area contributed by atoms with Gasteiger partial charge in [0.1, 0.15) is 17.4 Å². The van der Waals surface area contributed by atoms with E-state index < -0.39 is 5.60 Å². The van der Waals surface area contributed by atoms with E-state index in [9.17, 15) is 9.90 Å². The van der Waals surface area contributed by atoms with E-state index in [4.69, 9.17) is 10.00 Å². The molecule has 0 radical (unpaired) electrons. The van der Waals surface area contributed by atoms with Crippen molar-refractivity contribution in [3.8, 4) is 6.07 Å². The van der Waals surface area contributed by atoms with Crippen molar-refractivity contribution in [2.45, 2.75) is 25.5 Å². The Balaban J connectivity index is 1.56. The molecule has 1 aliphatic rings. The summed E-state index contributed by atoms with van der Waals surface area (Å²) in [6.45, 7) is 4.37. The van der Waals surface area contributed by atoms with Crippen LogP contribution in [0.3, 0.4) is 0 Å². The van der Waals surface area contributed by atoms with Crippen LogP contribution in [0.5, 0.6) is 0 Å². The second kappa shape index (κ2) is 6.91. The van der Waals surface area contributed by atoms with E-state index in [0.29, 0.717) is 28.0 Å². The molecule has 1 aliphatic heterocycles. The second-order valence-corrected chi connectivity index (χ2v) is 8.05. The molecule has 3 aromatic heterocycles. The summed E-state index contributed by atoms with van der Waals surface area (Å²) in [5.41, 5.74) is 1.99. The topological polar surface area (TPSA) is 117 Å². The maximum absolute atomic E-state index is 13.1. The highest BCUT2D eigenvalue weighted by Gasteiger charge is 2.40. The zero-order valence-electron chi connectivity index (χ0n) is 17.0. The average Bonchev–Trinajstić information content (AvgIpc) is 3.34. The first-order chi connectivity index (χ1) is 14.9. The van der Waals surface area contributed by atoms with Crippen LogP contribution in [0.1, 0.15) is 41.5 Å². The van der Waals surface area contributed by atoms with Gasteiger partial charge in [-0.3, -0.25) is 9.48 Å². The summed E-state index contributed by atoms with van der Waals surface area (Å²) in [5, 5.41) is 32.6. The number of hydrogen-bond donors (Lipinski definition) is 2. The van der Waals surface area contributed by atoms with Gasteiger partial charge in [0, 0.05) is 28.9 Å². The SMILES string of the molecule is CC(C)n1cc2cc(NC(=O)c3ccc4cc(C#N)cnn34)c(C3(O)COC3)cc2n1. The zero-order chi connectivity index (χ0) is 21.8. The van der Waals surface area contributed by atoms with Crippen LogP contribution in [-0.4, -0.2) is 43.6 Å². The Kier molecular flexibility index (Phi) is 4.28. The summed E-state index contributed by atoms with van der Waals surface area (Å²) in [7, 11) is 0. The molecule has 0 bridgehead atoms. The first-order valence-electron chi connectivity index (χ1n) is 9.91. The lowest BCUT2D eigenvalue weighted by molar-refractivity contribution is -0.184. The third kappa shape index (κ3) is 3.13. The fourth-order valence-electron chi connectivity index (χ4n) is 3.71. The standard InChI is InChI=1S/C22H20N6O3/c1-13(2)27-10-15-6-19(17(7-18(15)26-27)22(30)11-31-12-22)25-21(29)20-4-3-16-5-14(8-23)9-24-28(16)20/h3-7,9-10,13,30H,11-12H2,1-2H3,(H,25,29). The van der Waals surface area contributed by atoms with Crippen LogP contribution in [0.2, 0.25) is 0 Å². The molecule has 31 heavy (non-hydrogen) atoms. The lowest BCUT2D eigenvalue weighted by Crippen LogP contribution is -2.47. The molecule has 1 saturated heterocycles. The van der Waals surface area contributed by atoms with E-state index >= 15 is 0 Å². The third-order valence-corrected chi connectivity index (χ3v) is 5.48. The van der Waals surface area contributed by atoms with Crippen LogP contribution in [0, 0.1) is 11.3 Å². The molecule has 4 heterocycles. The Bertz CT molecular complexity index is 1370. The minimum absolute atomic E-state index is 0.152. The van der Waals surface area contributed by atoms with Crippen molar-refractivity contribution < 1.29 is 14.6 Å². The lowest BCUT2D eigenvalue weighted by atomic mass is 9.89. The van der Waals surface area contributed by atoms with Crippen molar-refractivity contribution in [1.29, 1.82) is 5.26 Å². The number of aromatic nitrogens is 4. The average molecular weight is 416 g/mol. The van der Waals surface area contributed by atoms with Gasteiger partial charge in [-0.05, 0) is 44.2 Å². The predicted octanol–water partition coefficient (Wildman–Crippen LogP) is 2.61. The van der Waals surface area contributed by atoms with E-state index in [1.165, 1.54) is 10.7 Å². The molecule has 0 saturated carbocycles. The van der Waals surface area contributed by atoms with Crippen LogP contribution in [0.4, 0.5) is 5.69 Å².